The van der Waals surface area contributed by atoms with E-state index in [-0.39, 0.29) is 12.6 Å². The molecule has 5 nitrogen and oxygen atoms in total. The summed E-state index contributed by atoms with van der Waals surface area (Å²) in [6.07, 6.45) is 4.63. The zero-order valence-electron chi connectivity index (χ0n) is 13.6. The van der Waals surface area contributed by atoms with Crippen LogP contribution in [0.3, 0.4) is 0 Å². The molecule has 5 heteroatoms. The molecule has 118 valence electrons. The summed E-state index contributed by atoms with van der Waals surface area (Å²) in [7, 11) is 0. The number of aliphatic carboxylic acids is 1. The summed E-state index contributed by atoms with van der Waals surface area (Å²) in [6.45, 7) is 9.28. The van der Waals surface area contributed by atoms with Crippen molar-refractivity contribution in [3.8, 4) is 0 Å². The van der Waals surface area contributed by atoms with Crippen molar-refractivity contribution >= 4 is 5.97 Å². The Labute approximate surface area is 126 Å². The molecule has 1 N–H and O–H groups in total. The van der Waals surface area contributed by atoms with Gasteiger partial charge in [-0.05, 0) is 40.5 Å². The minimum Gasteiger partial charge on any atom is -0.480 e. The predicted octanol–water partition coefficient (Wildman–Crippen LogP) is 2.91. The fourth-order valence-corrected chi connectivity index (χ4v) is 3.76. The lowest BCUT2D eigenvalue weighted by Crippen LogP contribution is -2.39. The maximum atomic E-state index is 11.3. The van der Waals surface area contributed by atoms with Crippen LogP contribution in [0.1, 0.15) is 62.5 Å². The van der Waals surface area contributed by atoms with Crippen LogP contribution in [0.5, 0.6) is 0 Å². The van der Waals surface area contributed by atoms with E-state index in [1.54, 1.807) is 0 Å². The summed E-state index contributed by atoms with van der Waals surface area (Å²) >= 11 is 0. The second-order valence-electron chi connectivity index (χ2n) is 6.08. The quantitative estimate of drug-likeness (QED) is 0.876. The van der Waals surface area contributed by atoms with Crippen molar-refractivity contribution in [2.24, 2.45) is 0 Å². The lowest BCUT2D eigenvalue weighted by molar-refractivity contribution is -0.139. The van der Waals surface area contributed by atoms with Gasteiger partial charge < -0.3 is 5.11 Å². The number of carboxylic acids is 1. The third-order valence-electron chi connectivity index (χ3n) is 4.76. The van der Waals surface area contributed by atoms with Crippen molar-refractivity contribution in [3.05, 3.63) is 17.0 Å². The summed E-state index contributed by atoms with van der Waals surface area (Å²) in [4.78, 5) is 13.4. The SMILES string of the molecule is CCn1nc(C)c(C(C)N(CC(=O)O)C2CCCC2)c1C. The number of nitrogens with zero attached hydrogens (tertiary/aromatic N) is 3. The molecule has 1 aliphatic rings. The van der Waals surface area contributed by atoms with Gasteiger partial charge >= 0.3 is 5.97 Å². The standard InChI is InChI=1S/C16H27N3O2/c1-5-19-13(4)16(11(2)17-19)12(3)18(10-15(20)21)14-8-6-7-9-14/h12,14H,5-10H2,1-4H3,(H,20,21). The van der Waals surface area contributed by atoms with E-state index in [1.165, 1.54) is 18.4 Å². The molecule has 1 unspecified atom stereocenters. The van der Waals surface area contributed by atoms with Crippen LogP contribution in [0.4, 0.5) is 0 Å². The zero-order valence-corrected chi connectivity index (χ0v) is 13.6. The summed E-state index contributed by atoms with van der Waals surface area (Å²) in [5.41, 5.74) is 3.39. The van der Waals surface area contributed by atoms with Gasteiger partial charge in [0.15, 0.2) is 0 Å². The van der Waals surface area contributed by atoms with Gasteiger partial charge in [0.25, 0.3) is 0 Å². The molecule has 2 rings (SSSR count). The maximum absolute atomic E-state index is 11.3. The van der Waals surface area contributed by atoms with Crippen molar-refractivity contribution in [1.82, 2.24) is 14.7 Å². The first-order valence-corrected chi connectivity index (χ1v) is 7.97. The molecular formula is C16H27N3O2. The molecule has 0 spiro atoms. The Kier molecular flexibility index (Phi) is 5.04. The molecule has 1 saturated carbocycles. The first kappa shape index (κ1) is 16.0. The molecule has 0 saturated heterocycles. The molecule has 0 aliphatic heterocycles. The van der Waals surface area contributed by atoms with E-state index in [0.717, 1.165) is 30.8 Å². The molecular weight excluding hydrogens is 266 g/mol. The highest BCUT2D eigenvalue weighted by molar-refractivity contribution is 5.69. The molecule has 0 bridgehead atoms. The molecule has 1 atom stereocenters. The van der Waals surface area contributed by atoms with Gasteiger partial charge in [-0.15, -0.1) is 0 Å². The van der Waals surface area contributed by atoms with E-state index in [9.17, 15) is 9.90 Å². The van der Waals surface area contributed by atoms with Crippen molar-refractivity contribution in [2.75, 3.05) is 6.54 Å². The Balaban J connectivity index is 2.30. The summed E-state index contributed by atoms with van der Waals surface area (Å²) in [5, 5.41) is 13.8. The average molecular weight is 293 g/mol. The summed E-state index contributed by atoms with van der Waals surface area (Å²) in [6, 6.07) is 0.490. The number of aromatic nitrogens is 2. The van der Waals surface area contributed by atoms with Crippen molar-refractivity contribution in [2.45, 2.75) is 72.0 Å². The average Bonchev–Trinajstić information content (AvgIpc) is 3.03. The van der Waals surface area contributed by atoms with Gasteiger partial charge in [0, 0.05) is 29.9 Å². The van der Waals surface area contributed by atoms with Crippen LogP contribution in [0.15, 0.2) is 0 Å². The van der Waals surface area contributed by atoms with Crippen molar-refractivity contribution in [1.29, 1.82) is 0 Å². The number of hydrogen-bond donors (Lipinski definition) is 1. The molecule has 0 aromatic carbocycles. The van der Waals surface area contributed by atoms with Gasteiger partial charge in [0.1, 0.15) is 0 Å². The summed E-state index contributed by atoms with van der Waals surface area (Å²) < 4.78 is 2.01. The maximum Gasteiger partial charge on any atom is 0.317 e. The lowest BCUT2D eigenvalue weighted by atomic mass is 10.0. The van der Waals surface area contributed by atoms with E-state index in [1.807, 2.05) is 11.6 Å². The molecule has 0 amide bonds. The van der Waals surface area contributed by atoms with Crippen LogP contribution < -0.4 is 0 Å². The topological polar surface area (TPSA) is 58.4 Å². The smallest absolute Gasteiger partial charge is 0.317 e. The van der Waals surface area contributed by atoms with Crippen LogP contribution >= 0.6 is 0 Å². The van der Waals surface area contributed by atoms with Gasteiger partial charge in [0.05, 0.1) is 12.2 Å². The number of hydrogen-bond acceptors (Lipinski definition) is 3. The molecule has 1 aromatic heterocycles. The van der Waals surface area contributed by atoms with E-state index in [0.29, 0.717) is 6.04 Å². The molecule has 1 fully saturated rings. The van der Waals surface area contributed by atoms with Gasteiger partial charge in [-0.2, -0.15) is 5.10 Å². The highest BCUT2D eigenvalue weighted by atomic mass is 16.4. The van der Waals surface area contributed by atoms with E-state index < -0.39 is 5.97 Å². The number of carbonyl (C=O) groups is 1. The van der Waals surface area contributed by atoms with E-state index in [2.05, 4.69) is 30.8 Å². The van der Waals surface area contributed by atoms with Crippen LogP contribution in [0.25, 0.3) is 0 Å². The van der Waals surface area contributed by atoms with Crippen molar-refractivity contribution in [3.63, 3.8) is 0 Å². The Morgan fingerprint density at radius 2 is 2.05 bits per heavy atom. The van der Waals surface area contributed by atoms with E-state index in [4.69, 9.17) is 0 Å². The van der Waals surface area contributed by atoms with Crippen LogP contribution in [-0.2, 0) is 11.3 Å². The van der Waals surface area contributed by atoms with E-state index >= 15 is 0 Å². The molecule has 1 heterocycles. The minimum absolute atomic E-state index is 0.101. The third-order valence-corrected chi connectivity index (χ3v) is 4.76. The Morgan fingerprint density at radius 3 is 2.52 bits per heavy atom. The largest absolute Gasteiger partial charge is 0.480 e. The highest BCUT2D eigenvalue weighted by Gasteiger charge is 2.31. The minimum atomic E-state index is -0.744. The number of rotatable bonds is 6. The Hall–Kier alpha value is -1.36. The van der Waals surface area contributed by atoms with Gasteiger partial charge in [0.2, 0.25) is 0 Å². The molecule has 1 aromatic rings. The van der Waals surface area contributed by atoms with Gasteiger partial charge in [-0.1, -0.05) is 12.8 Å². The zero-order chi connectivity index (χ0) is 15.6. The van der Waals surface area contributed by atoms with Crippen molar-refractivity contribution < 1.29 is 9.90 Å². The Morgan fingerprint density at radius 1 is 1.43 bits per heavy atom. The normalized spacial score (nSPS) is 17.6. The fraction of sp³-hybridized carbons (Fsp3) is 0.750. The predicted molar refractivity (Wildman–Crippen MR) is 82.4 cm³/mol. The molecule has 0 radical (unpaired) electrons. The number of aryl methyl sites for hydroxylation is 2. The van der Waals surface area contributed by atoms with Crippen LogP contribution in [0.2, 0.25) is 0 Å². The first-order valence-electron chi connectivity index (χ1n) is 7.97. The fourth-order valence-electron chi connectivity index (χ4n) is 3.76. The molecule has 21 heavy (non-hydrogen) atoms. The lowest BCUT2D eigenvalue weighted by Gasteiger charge is -2.33. The first-order chi connectivity index (χ1) is 9.95. The van der Waals surface area contributed by atoms with Crippen LogP contribution in [0, 0.1) is 13.8 Å². The molecule has 1 aliphatic carbocycles. The number of carboxylic acid groups (broad SMARTS) is 1. The Bertz CT molecular complexity index is 504. The second-order valence-corrected chi connectivity index (χ2v) is 6.08. The third kappa shape index (κ3) is 3.28. The monoisotopic (exact) mass is 293 g/mol. The second kappa shape index (κ2) is 6.60. The van der Waals surface area contributed by atoms with Gasteiger partial charge in [-0.25, -0.2) is 0 Å². The van der Waals surface area contributed by atoms with Crippen LogP contribution in [-0.4, -0.2) is 38.3 Å². The van der Waals surface area contributed by atoms with Gasteiger partial charge in [-0.3, -0.25) is 14.4 Å². The summed E-state index contributed by atoms with van der Waals surface area (Å²) in [5.74, 6) is -0.744. The highest BCUT2D eigenvalue weighted by Crippen LogP contribution is 2.33.